The van der Waals surface area contributed by atoms with E-state index in [-0.39, 0.29) is 24.1 Å². The molecule has 2 rings (SSSR count). The van der Waals surface area contributed by atoms with Gasteiger partial charge in [0.05, 0.1) is 5.56 Å². The van der Waals surface area contributed by atoms with Gasteiger partial charge < -0.3 is 15.4 Å². The summed E-state index contributed by atoms with van der Waals surface area (Å²) in [6, 6.07) is 14.6. The van der Waals surface area contributed by atoms with Crippen molar-refractivity contribution in [2.75, 3.05) is 12.3 Å². The quantitative estimate of drug-likeness (QED) is 0.589. The first-order chi connectivity index (χ1) is 11.9. The number of nitrogens with zero attached hydrogens (tertiary/aromatic N) is 1. The van der Waals surface area contributed by atoms with Gasteiger partial charge in [-0.2, -0.15) is 0 Å². The zero-order chi connectivity index (χ0) is 18.4. The van der Waals surface area contributed by atoms with Crippen LogP contribution in [0.1, 0.15) is 29.8 Å². The van der Waals surface area contributed by atoms with Gasteiger partial charge in [0.25, 0.3) is 5.91 Å². The molecule has 2 N–H and O–H groups in total. The van der Waals surface area contributed by atoms with Crippen molar-refractivity contribution in [3.63, 3.8) is 0 Å². The van der Waals surface area contributed by atoms with Crippen LogP contribution in [0.3, 0.4) is 0 Å². The number of rotatable bonds is 6. The number of nitrogen functional groups attached to an aromatic ring is 1. The molecule has 0 radical (unpaired) electrons. The van der Waals surface area contributed by atoms with Crippen molar-refractivity contribution < 1.29 is 14.3 Å². The highest BCUT2D eigenvalue weighted by atomic mass is 79.9. The van der Waals surface area contributed by atoms with Crippen molar-refractivity contribution in [3.05, 3.63) is 64.1 Å². The summed E-state index contributed by atoms with van der Waals surface area (Å²) in [4.78, 5) is 26.3. The first-order valence-corrected chi connectivity index (χ1v) is 8.73. The molecule has 0 unspecified atom stereocenters. The van der Waals surface area contributed by atoms with Gasteiger partial charge in [0.1, 0.15) is 0 Å². The highest BCUT2D eigenvalue weighted by Gasteiger charge is 2.20. The van der Waals surface area contributed by atoms with Crippen LogP contribution >= 0.6 is 15.9 Å². The normalized spacial score (nSPS) is 10.6. The molecule has 0 aromatic heterocycles. The Bertz CT molecular complexity index is 748. The number of benzene rings is 2. The summed E-state index contributed by atoms with van der Waals surface area (Å²) < 4.78 is 5.88. The Balaban J connectivity index is 2.01. The summed E-state index contributed by atoms with van der Waals surface area (Å²) in [5, 5.41) is 0. The van der Waals surface area contributed by atoms with Gasteiger partial charge in [-0.3, -0.25) is 4.79 Å². The zero-order valence-corrected chi connectivity index (χ0v) is 15.8. The molecule has 132 valence electrons. The lowest BCUT2D eigenvalue weighted by atomic mass is 10.2. The number of carbonyl (C=O) groups is 2. The van der Waals surface area contributed by atoms with E-state index < -0.39 is 5.97 Å². The lowest BCUT2D eigenvalue weighted by Gasteiger charge is -2.26. The van der Waals surface area contributed by atoms with Crippen molar-refractivity contribution in [1.82, 2.24) is 4.90 Å². The van der Waals surface area contributed by atoms with E-state index in [0.717, 1.165) is 5.56 Å². The third-order valence-corrected chi connectivity index (χ3v) is 4.19. The number of carbonyl (C=O) groups excluding carboxylic acids is 2. The minimum atomic E-state index is -0.615. The van der Waals surface area contributed by atoms with Gasteiger partial charge in [0.2, 0.25) is 0 Å². The lowest BCUT2D eigenvalue weighted by molar-refractivity contribution is -0.136. The van der Waals surface area contributed by atoms with Crippen molar-refractivity contribution in [2.45, 2.75) is 26.4 Å². The Morgan fingerprint density at radius 1 is 1.16 bits per heavy atom. The van der Waals surface area contributed by atoms with E-state index in [9.17, 15) is 9.59 Å². The van der Waals surface area contributed by atoms with E-state index in [0.29, 0.717) is 16.7 Å². The molecule has 0 heterocycles. The van der Waals surface area contributed by atoms with Crippen LogP contribution in [0.25, 0.3) is 0 Å². The molecule has 0 saturated carbocycles. The maximum Gasteiger partial charge on any atom is 0.340 e. The van der Waals surface area contributed by atoms with E-state index in [1.165, 1.54) is 0 Å². The molecular weight excluding hydrogens is 384 g/mol. The molecule has 25 heavy (non-hydrogen) atoms. The van der Waals surface area contributed by atoms with E-state index in [2.05, 4.69) is 15.9 Å². The van der Waals surface area contributed by atoms with Crippen molar-refractivity contribution in [2.24, 2.45) is 0 Å². The summed E-state index contributed by atoms with van der Waals surface area (Å²) in [6.07, 6.45) is 0. The van der Waals surface area contributed by atoms with Gasteiger partial charge in [-0.25, -0.2) is 4.79 Å². The van der Waals surface area contributed by atoms with E-state index in [1.54, 1.807) is 23.1 Å². The predicted octanol–water partition coefficient (Wildman–Crippen LogP) is 3.63. The second kappa shape index (κ2) is 8.67. The second-order valence-electron chi connectivity index (χ2n) is 5.91. The van der Waals surface area contributed by atoms with Crippen LogP contribution in [0, 0.1) is 0 Å². The predicted molar refractivity (Wildman–Crippen MR) is 101 cm³/mol. The number of halogens is 1. The van der Waals surface area contributed by atoms with Crippen LogP contribution in [0.4, 0.5) is 5.69 Å². The first-order valence-electron chi connectivity index (χ1n) is 7.94. The number of ether oxygens (including phenoxy) is 1. The molecule has 0 aliphatic carbocycles. The maximum absolute atomic E-state index is 12.5. The molecule has 2 aromatic rings. The van der Waals surface area contributed by atoms with Gasteiger partial charge in [0.15, 0.2) is 6.61 Å². The van der Waals surface area contributed by atoms with E-state index in [4.69, 9.17) is 10.5 Å². The van der Waals surface area contributed by atoms with E-state index >= 15 is 0 Å². The fourth-order valence-corrected chi connectivity index (χ4v) is 2.69. The highest BCUT2D eigenvalue weighted by Crippen LogP contribution is 2.19. The molecule has 2 aromatic carbocycles. The topological polar surface area (TPSA) is 72.6 Å². The average Bonchev–Trinajstić information content (AvgIpc) is 2.60. The summed E-state index contributed by atoms with van der Waals surface area (Å²) in [7, 11) is 0. The van der Waals surface area contributed by atoms with E-state index in [1.807, 2.05) is 44.2 Å². The van der Waals surface area contributed by atoms with Gasteiger partial charge in [-0.15, -0.1) is 0 Å². The Morgan fingerprint density at radius 3 is 2.48 bits per heavy atom. The largest absolute Gasteiger partial charge is 0.452 e. The Morgan fingerprint density at radius 2 is 1.84 bits per heavy atom. The molecule has 0 fully saturated rings. The Labute approximate surface area is 155 Å². The molecule has 6 heteroatoms. The minimum Gasteiger partial charge on any atom is -0.452 e. The smallest absolute Gasteiger partial charge is 0.340 e. The summed E-state index contributed by atoms with van der Waals surface area (Å²) in [5.41, 5.74) is 7.36. The van der Waals surface area contributed by atoms with Crippen LogP contribution in [0.2, 0.25) is 0 Å². The van der Waals surface area contributed by atoms with Crippen molar-refractivity contribution in [1.29, 1.82) is 0 Å². The average molecular weight is 405 g/mol. The van der Waals surface area contributed by atoms with Crippen LogP contribution in [0.15, 0.2) is 53.0 Å². The summed E-state index contributed by atoms with van der Waals surface area (Å²) in [5.74, 6) is -0.865. The fraction of sp³-hybridized carbons (Fsp3) is 0.263. The standard InChI is InChI=1S/C19H21BrN2O3/c1-13(2)22(11-14-6-4-3-5-7-14)18(23)12-25-19(24)16-10-15(20)8-9-17(16)21/h3-10,13H,11-12,21H2,1-2H3. The second-order valence-corrected chi connectivity index (χ2v) is 6.82. The molecule has 0 aliphatic heterocycles. The van der Waals surface area contributed by atoms with Gasteiger partial charge in [-0.1, -0.05) is 46.3 Å². The van der Waals surface area contributed by atoms with Crippen LogP contribution in [0.5, 0.6) is 0 Å². The number of nitrogens with two attached hydrogens (primary N) is 1. The number of esters is 1. The SMILES string of the molecule is CC(C)N(Cc1ccccc1)C(=O)COC(=O)c1cc(Br)ccc1N. The Kier molecular flexibility index (Phi) is 6.58. The van der Waals surface area contributed by atoms with Gasteiger partial charge >= 0.3 is 5.97 Å². The molecule has 1 amide bonds. The zero-order valence-electron chi connectivity index (χ0n) is 14.2. The van der Waals surface area contributed by atoms with Crippen LogP contribution in [-0.4, -0.2) is 29.4 Å². The van der Waals surface area contributed by atoms with Gasteiger partial charge in [0, 0.05) is 22.7 Å². The number of hydrogen-bond donors (Lipinski definition) is 1. The third-order valence-electron chi connectivity index (χ3n) is 3.70. The monoisotopic (exact) mass is 404 g/mol. The van der Waals surface area contributed by atoms with Crippen LogP contribution in [-0.2, 0) is 16.1 Å². The highest BCUT2D eigenvalue weighted by molar-refractivity contribution is 9.10. The fourth-order valence-electron chi connectivity index (χ4n) is 2.33. The third kappa shape index (κ3) is 5.32. The minimum absolute atomic E-state index is 0.0117. The lowest BCUT2D eigenvalue weighted by Crippen LogP contribution is -2.39. The number of anilines is 1. The van der Waals surface area contributed by atoms with Gasteiger partial charge in [-0.05, 0) is 37.6 Å². The van der Waals surface area contributed by atoms with Crippen LogP contribution < -0.4 is 5.73 Å². The molecule has 0 aliphatic rings. The molecule has 0 spiro atoms. The Hall–Kier alpha value is -2.34. The van der Waals surface area contributed by atoms with Crippen molar-refractivity contribution in [3.8, 4) is 0 Å². The number of amides is 1. The van der Waals surface area contributed by atoms with Crippen molar-refractivity contribution >= 4 is 33.5 Å². The maximum atomic E-state index is 12.5. The molecule has 5 nitrogen and oxygen atoms in total. The molecule has 0 atom stereocenters. The molecular formula is C19H21BrN2O3. The number of hydrogen-bond acceptors (Lipinski definition) is 4. The molecule has 0 saturated heterocycles. The first kappa shape index (κ1) is 19.0. The summed E-state index contributed by atoms with van der Waals surface area (Å²) in [6.45, 7) is 3.99. The molecule has 0 bridgehead atoms. The summed E-state index contributed by atoms with van der Waals surface area (Å²) >= 11 is 3.29.